The van der Waals surface area contributed by atoms with E-state index in [0.29, 0.717) is 44.5 Å². The molecular weight excluding hydrogens is 1180 g/mol. The van der Waals surface area contributed by atoms with Crippen LogP contribution in [0.5, 0.6) is 46.0 Å². The van der Waals surface area contributed by atoms with Crippen molar-refractivity contribution in [3.63, 3.8) is 0 Å². The van der Waals surface area contributed by atoms with Crippen LogP contribution < -0.4 is 0 Å². The van der Waals surface area contributed by atoms with Crippen molar-refractivity contribution in [3.8, 4) is 46.0 Å². The lowest BCUT2D eigenvalue weighted by Crippen LogP contribution is -2.19. The summed E-state index contributed by atoms with van der Waals surface area (Å²) in [6.45, 7) is 52.5. The summed E-state index contributed by atoms with van der Waals surface area (Å²) in [5.74, 6) is -5.27. The zero-order valence-corrected chi connectivity index (χ0v) is 62.3. The minimum Gasteiger partial charge on any atom is -0.508 e. The summed E-state index contributed by atoms with van der Waals surface area (Å²) in [6.07, 6.45) is 0.949. The summed E-state index contributed by atoms with van der Waals surface area (Å²) in [6, 6.07) is 39.5. The van der Waals surface area contributed by atoms with Crippen molar-refractivity contribution in [1.29, 1.82) is 0 Å². The van der Waals surface area contributed by atoms with Gasteiger partial charge in [0.25, 0.3) is 0 Å². The quantitative estimate of drug-likeness (QED) is 0.0746. The molecule has 8 N–H and O–H groups in total. The van der Waals surface area contributed by atoms with Crippen molar-refractivity contribution in [2.24, 2.45) is 0 Å². The minimum atomic E-state index is -0.867. The van der Waals surface area contributed by atoms with Crippen LogP contribution in [0.25, 0.3) is 0 Å². The number of hydrogen-bond donors (Lipinski definition) is 8. The van der Waals surface area contributed by atoms with E-state index in [1.165, 1.54) is 24.3 Å². The monoisotopic (exact) mass is 1300 g/mol. The van der Waals surface area contributed by atoms with Crippen molar-refractivity contribution in [2.45, 2.75) is 259 Å². The van der Waals surface area contributed by atoms with Gasteiger partial charge in [-0.3, -0.25) is 0 Å². The Bertz CT molecular complexity index is 3470. The van der Waals surface area contributed by atoms with Crippen molar-refractivity contribution in [1.82, 2.24) is 0 Å². The van der Waals surface area contributed by atoms with Crippen LogP contribution in [0.15, 0.2) is 121 Å². The lowest BCUT2D eigenvalue weighted by Gasteiger charge is -2.31. The third-order valence-corrected chi connectivity index (χ3v) is 20.4. The maximum absolute atomic E-state index is 12.9. The molecule has 0 amide bonds. The number of rotatable bonds is 8. The number of fused-ring (bicyclic) bond motifs is 8. The second-order valence-corrected chi connectivity index (χ2v) is 36.6. The summed E-state index contributed by atoms with van der Waals surface area (Å²) < 4.78 is 0. The zero-order chi connectivity index (χ0) is 71.4. The fraction of sp³-hybridized carbons (Fsp3) is 0.455. The van der Waals surface area contributed by atoms with E-state index in [-0.39, 0.29) is 115 Å². The molecule has 8 heteroatoms. The smallest absolute Gasteiger partial charge is 0.123 e. The van der Waals surface area contributed by atoms with Crippen LogP contribution in [0.4, 0.5) is 0 Å². The Kier molecular flexibility index (Phi) is 19.0. The van der Waals surface area contributed by atoms with E-state index in [9.17, 15) is 40.9 Å². The molecule has 9 rings (SSSR count). The summed E-state index contributed by atoms with van der Waals surface area (Å²) in [5.41, 5.74) is 13.5. The van der Waals surface area contributed by atoms with Gasteiger partial charge in [-0.2, -0.15) is 0 Å². The van der Waals surface area contributed by atoms with E-state index < -0.39 is 23.7 Å². The molecule has 0 aromatic heterocycles. The molecule has 96 heavy (non-hydrogen) atoms. The van der Waals surface area contributed by atoms with Crippen LogP contribution in [0, 0.1) is 0 Å². The van der Waals surface area contributed by atoms with Crippen LogP contribution in [-0.2, 0) is 69.0 Å². The minimum absolute atomic E-state index is 0.225. The summed E-state index contributed by atoms with van der Waals surface area (Å²) in [5, 5.41) is 103. The van der Waals surface area contributed by atoms with Gasteiger partial charge in [-0.15, -0.1) is 0 Å². The Morgan fingerprint density at radius 1 is 0.177 bits per heavy atom. The van der Waals surface area contributed by atoms with Gasteiger partial charge < -0.3 is 40.9 Å². The maximum Gasteiger partial charge on any atom is 0.123 e. The topological polar surface area (TPSA) is 162 Å². The molecule has 512 valence electrons. The molecule has 1 aliphatic carbocycles. The largest absolute Gasteiger partial charge is 0.508 e. The molecule has 1 aliphatic rings. The van der Waals surface area contributed by atoms with E-state index in [4.69, 9.17) is 0 Å². The third-order valence-electron chi connectivity index (χ3n) is 20.4. The highest BCUT2D eigenvalue weighted by atomic mass is 16.3. The first kappa shape index (κ1) is 72.4. The van der Waals surface area contributed by atoms with Crippen LogP contribution in [0.3, 0.4) is 0 Å². The fourth-order valence-electron chi connectivity index (χ4n) is 13.9. The number of phenols is 8. The molecule has 8 bridgehead atoms. The molecular formula is C88H112O8. The maximum atomic E-state index is 12.9. The van der Waals surface area contributed by atoms with Crippen molar-refractivity contribution in [3.05, 3.63) is 233 Å². The summed E-state index contributed by atoms with van der Waals surface area (Å²) in [7, 11) is 0. The Balaban J connectivity index is 1.48. The average Bonchev–Trinajstić information content (AvgIpc) is 0.740. The highest BCUT2D eigenvalue weighted by Crippen LogP contribution is 2.53. The Labute approximate surface area is 575 Å². The molecule has 8 nitrogen and oxygen atoms in total. The van der Waals surface area contributed by atoms with Crippen molar-refractivity contribution in [2.75, 3.05) is 0 Å². The van der Waals surface area contributed by atoms with Crippen LogP contribution in [0.2, 0.25) is 0 Å². The van der Waals surface area contributed by atoms with E-state index in [0.717, 1.165) is 66.8 Å². The molecule has 0 unspecified atom stereocenters. The first-order valence-electron chi connectivity index (χ1n) is 34.7. The van der Waals surface area contributed by atoms with Crippen molar-refractivity contribution < 1.29 is 40.9 Å². The van der Waals surface area contributed by atoms with Crippen LogP contribution in [-0.4, -0.2) is 40.9 Å². The number of aromatic hydroxyl groups is 8. The Morgan fingerprint density at radius 2 is 0.292 bits per heavy atom. The van der Waals surface area contributed by atoms with Crippen molar-refractivity contribution >= 4 is 0 Å². The number of hydrogen-bond acceptors (Lipinski definition) is 8. The molecule has 0 aliphatic heterocycles. The van der Waals surface area contributed by atoms with Crippen LogP contribution in [0.1, 0.15) is 301 Å². The highest BCUT2D eigenvalue weighted by Gasteiger charge is 2.37. The van der Waals surface area contributed by atoms with Gasteiger partial charge in [0.1, 0.15) is 46.0 Å². The average molecular weight is 1300 g/mol. The Morgan fingerprint density at radius 3 is 0.396 bits per heavy atom. The molecule has 0 spiro atoms. The summed E-state index contributed by atoms with van der Waals surface area (Å²) in [4.78, 5) is 0. The number of benzene rings is 8. The van der Waals surface area contributed by atoms with Gasteiger partial charge in [-0.1, -0.05) is 239 Å². The molecule has 0 saturated carbocycles. The van der Waals surface area contributed by atoms with Gasteiger partial charge in [0.15, 0.2) is 0 Å². The molecule has 0 radical (unpaired) electrons. The molecule has 0 heterocycles. The van der Waals surface area contributed by atoms with E-state index in [1.807, 2.05) is 24.3 Å². The fourth-order valence-corrected chi connectivity index (χ4v) is 13.9. The third kappa shape index (κ3) is 15.6. The zero-order valence-electron chi connectivity index (χ0n) is 62.3. The van der Waals surface area contributed by atoms with E-state index in [1.54, 1.807) is 0 Å². The molecule has 8 aromatic carbocycles. The van der Waals surface area contributed by atoms with E-state index in [2.05, 4.69) is 239 Å². The standard InChI is InChI=1S/C88H112O8/c1-81(2,3)53-25-49(26-54(37-53)82(4,5)6)33-61-65-41-67(75(91)45-73(65)89)62(34-50-27-55(83(7,8)9)38-56(28-50)84(10,11)12)69-43-71(79(95)47-77(69)93)64(36-52-31-59(87(19,20)21)40-60(32-52)88(22,23)24)72-44-70(78(94)48-80(72)96)63(68-42-66(61)74(90)46-76(68)92)35-51-29-57(85(13,14)15)39-58(30-51)86(16,17)18/h25-32,37-48,61-64,89-96H,33-36H2,1-24H3. The van der Waals surface area contributed by atoms with Gasteiger partial charge in [0.2, 0.25) is 0 Å². The van der Waals surface area contributed by atoms with Gasteiger partial charge in [0, 0.05) is 92.4 Å². The first-order chi connectivity index (χ1) is 43.9. The van der Waals surface area contributed by atoms with Gasteiger partial charge in [-0.05, 0) is 160 Å². The molecule has 0 fully saturated rings. The molecule has 0 atom stereocenters. The lowest BCUT2D eigenvalue weighted by molar-refractivity contribution is 0.425. The molecule has 8 aromatic rings. The highest BCUT2D eigenvalue weighted by molar-refractivity contribution is 5.64. The SMILES string of the molecule is CC(C)(C)c1cc(CC2c3cc(c(O)cc3O)C(Cc3cc(C(C)(C)C)cc(C(C)(C)C)c3)c3cc(c(O)cc3O)C(Cc3cc(C(C)(C)C)cc(C(C)(C)C)c3)c3cc(c(O)cc3O)C(Cc3cc(C(C)(C)C)cc(C(C)(C)C)c3)c3cc2c(O)cc3O)cc(C(C)(C)C)c1. The van der Waals surface area contributed by atoms with Gasteiger partial charge >= 0.3 is 0 Å². The predicted octanol–water partition coefficient (Wildman–Crippen LogP) is 21.5. The van der Waals surface area contributed by atoms with E-state index >= 15 is 0 Å². The van der Waals surface area contributed by atoms with Crippen LogP contribution >= 0.6 is 0 Å². The predicted molar refractivity (Wildman–Crippen MR) is 397 cm³/mol. The number of phenolic OH excluding ortho intramolecular Hbond substituents is 8. The van der Waals surface area contributed by atoms with Gasteiger partial charge in [-0.25, -0.2) is 0 Å². The second kappa shape index (κ2) is 25.2. The summed E-state index contributed by atoms with van der Waals surface area (Å²) >= 11 is 0. The molecule has 0 saturated heterocycles. The Hall–Kier alpha value is -7.84. The normalized spacial score (nSPS) is 16.8. The first-order valence-corrected chi connectivity index (χ1v) is 34.7. The lowest BCUT2D eigenvalue weighted by atomic mass is 9.73. The second-order valence-electron chi connectivity index (χ2n) is 36.6. The van der Waals surface area contributed by atoms with Gasteiger partial charge in [0.05, 0.1) is 0 Å².